The maximum Gasteiger partial charge on any atom is 0.113 e. The first-order chi connectivity index (χ1) is 9.23. The van der Waals surface area contributed by atoms with Crippen LogP contribution >= 0.6 is 0 Å². The number of aliphatic hydroxyl groups excluding tert-OH is 1. The third kappa shape index (κ3) is 1.24. The van der Waals surface area contributed by atoms with Crippen molar-refractivity contribution in [2.45, 2.75) is 36.9 Å². The molecule has 3 nitrogen and oxygen atoms in total. The van der Waals surface area contributed by atoms with Crippen LogP contribution in [-0.4, -0.2) is 34.6 Å². The van der Waals surface area contributed by atoms with E-state index in [-0.39, 0.29) is 18.4 Å². The molecule has 19 heavy (non-hydrogen) atoms. The highest BCUT2D eigenvalue weighted by molar-refractivity contribution is 5.38. The molecule has 0 aromatic carbocycles. The number of aliphatic hydroxyl groups is 2. The highest BCUT2D eigenvalue weighted by Gasteiger charge is 2.71. The Labute approximate surface area is 114 Å². The van der Waals surface area contributed by atoms with Crippen molar-refractivity contribution in [1.82, 2.24) is 0 Å². The molecule has 2 fully saturated rings. The summed E-state index contributed by atoms with van der Waals surface area (Å²) in [6.45, 7) is 0.377. The zero-order chi connectivity index (χ0) is 13.1. The minimum Gasteiger partial charge on any atom is -0.394 e. The van der Waals surface area contributed by atoms with Crippen molar-refractivity contribution in [3.63, 3.8) is 0 Å². The zero-order valence-electron chi connectivity index (χ0n) is 11.2. The van der Waals surface area contributed by atoms with Gasteiger partial charge in [-0.3, -0.25) is 0 Å². The Morgan fingerprint density at radius 2 is 1.42 bits per heavy atom. The van der Waals surface area contributed by atoms with Crippen molar-refractivity contribution in [2.24, 2.45) is 23.7 Å². The van der Waals surface area contributed by atoms with Crippen molar-refractivity contribution in [2.75, 3.05) is 13.2 Å². The molecule has 4 bridgehead atoms. The van der Waals surface area contributed by atoms with E-state index < -0.39 is 11.2 Å². The molecule has 2 N–H and O–H groups in total. The van der Waals surface area contributed by atoms with Gasteiger partial charge in [-0.05, 0) is 37.5 Å². The summed E-state index contributed by atoms with van der Waals surface area (Å²) in [7, 11) is 0. The van der Waals surface area contributed by atoms with Crippen LogP contribution in [0.15, 0.2) is 24.3 Å². The molecule has 0 saturated heterocycles. The van der Waals surface area contributed by atoms with Crippen LogP contribution in [0.1, 0.15) is 25.7 Å². The molecule has 0 radical (unpaired) electrons. The Hall–Kier alpha value is -0.640. The molecule has 0 amide bonds. The topological polar surface area (TPSA) is 49.7 Å². The molecule has 0 spiro atoms. The maximum atomic E-state index is 11.5. The van der Waals surface area contributed by atoms with E-state index in [1.165, 1.54) is 0 Å². The fraction of sp³-hybridized carbons (Fsp3) is 0.750. The molecule has 4 aliphatic rings. The van der Waals surface area contributed by atoms with Crippen molar-refractivity contribution >= 4 is 0 Å². The minimum absolute atomic E-state index is 0.0352. The smallest absolute Gasteiger partial charge is 0.113 e. The molecule has 0 unspecified atom stereocenters. The van der Waals surface area contributed by atoms with Crippen molar-refractivity contribution in [1.29, 1.82) is 0 Å². The first-order valence-electron chi connectivity index (χ1n) is 7.57. The molecule has 104 valence electrons. The highest BCUT2D eigenvalue weighted by atomic mass is 16.5. The Balaban J connectivity index is 1.76. The fourth-order valence-electron chi connectivity index (χ4n) is 5.44. The molecule has 0 aliphatic heterocycles. The summed E-state index contributed by atoms with van der Waals surface area (Å²) in [5.74, 6) is 1.10. The van der Waals surface area contributed by atoms with Crippen molar-refractivity contribution in [3.05, 3.63) is 24.3 Å². The van der Waals surface area contributed by atoms with Gasteiger partial charge in [-0.1, -0.05) is 24.3 Å². The lowest BCUT2D eigenvalue weighted by atomic mass is 9.68. The average molecular weight is 262 g/mol. The van der Waals surface area contributed by atoms with E-state index in [9.17, 15) is 10.2 Å². The van der Waals surface area contributed by atoms with Crippen LogP contribution in [0.25, 0.3) is 0 Å². The molecule has 0 aromatic rings. The summed E-state index contributed by atoms with van der Waals surface area (Å²) >= 11 is 0. The summed E-state index contributed by atoms with van der Waals surface area (Å²) in [4.78, 5) is 0. The Bertz CT molecular complexity index is 389. The van der Waals surface area contributed by atoms with E-state index in [2.05, 4.69) is 24.3 Å². The van der Waals surface area contributed by atoms with Gasteiger partial charge >= 0.3 is 0 Å². The largest absolute Gasteiger partial charge is 0.394 e. The lowest BCUT2D eigenvalue weighted by molar-refractivity contribution is -0.224. The molecular formula is C16H22O3. The fourth-order valence-corrected chi connectivity index (χ4v) is 5.44. The minimum atomic E-state index is -0.801. The van der Waals surface area contributed by atoms with E-state index in [1.54, 1.807) is 0 Å². The zero-order valence-corrected chi connectivity index (χ0v) is 11.2. The summed E-state index contributed by atoms with van der Waals surface area (Å²) in [5, 5.41) is 20.7. The van der Waals surface area contributed by atoms with Gasteiger partial charge in [-0.25, -0.2) is 0 Å². The van der Waals surface area contributed by atoms with E-state index in [0.717, 1.165) is 25.7 Å². The van der Waals surface area contributed by atoms with Crippen LogP contribution < -0.4 is 0 Å². The number of ether oxygens (including phenoxy) is 1. The summed E-state index contributed by atoms with van der Waals surface area (Å²) in [6, 6.07) is 0. The van der Waals surface area contributed by atoms with Gasteiger partial charge in [0.25, 0.3) is 0 Å². The summed E-state index contributed by atoms with van der Waals surface area (Å²) in [6.07, 6.45) is 13.2. The number of rotatable bonds is 4. The Kier molecular flexibility index (Phi) is 2.51. The van der Waals surface area contributed by atoms with E-state index in [0.29, 0.717) is 18.4 Å². The number of fused-ring (bicyclic) bond motifs is 5. The highest BCUT2D eigenvalue weighted by Crippen LogP contribution is 2.65. The van der Waals surface area contributed by atoms with Gasteiger partial charge in [0, 0.05) is 11.8 Å². The van der Waals surface area contributed by atoms with Gasteiger partial charge in [0.15, 0.2) is 0 Å². The predicted molar refractivity (Wildman–Crippen MR) is 71.4 cm³/mol. The van der Waals surface area contributed by atoms with Crippen LogP contribution in [0.3, 0.4) is 0 Å². The molecule has 4 rings (SSSR count). The number of hydrogen-bond donors (Lipinski definition) is 2. The maximum absolute atomic E-state index is 11.5. The lowest BCUT2D eigenvalue weighted by Crippen LogP contribution is -2.63. The van der Waals surface area contributed by atoms with E-state index >= 15 is 0 Å². The van der Waals surface area contributed by atoms with Gasteiger partial charge in [0.05, 0.1) is 13.2 Å². The Morgan fingerprint density at radius 1 is 0.947 bits per heavy atom. The van der Waals surface area contributed by atoms with Gasteiger partial charge in [0.1, 0.15) is 11.2 Å². The second-order valence-corrected chi connectivity index (χ2v) is 6.56. The SMILES string of the molecule is OCCOC1(C2(O)C3C=CC2C=C3)C2CCC1CC2. The third-order valence-electron chi connectivity index (χ3n) is 6.07. The van der Waals surface area contributed by atoms with E-state index in [1.807, 2.05) is 0 Å². The Morgan fingerprint density at radius 3 is 1.84 bits per heavy atom. The normalized spacial score (nSPS) is 53.6. The molecular weight excluding hydrogens is 240 g/mol. The summed E-state index contributed by atoms with van der Waals surface area (Å²) < 4.78 is 6.21. The molecule has 4 aliphatic carbocycles. The van der Waals surface area contributed by atoms with Crippen molar-refractivity contribution in [3.8, 4) is 0 Å². The third-order valence-corrected chi connectivity index (χ3v) is 6.07. The van der Waals surface area contributed by atoms with Gasteiger partial charge in [0.2, 0.25) is 0 Å². The molecule has 3 heteroatoms. The first-order valence-corrected chi connectivity index (χ1v) is 7.57. The molecule has 0 aromatic heterocycles. The standard InChI is InChI=1S/C16H22O3/c17-9-10-19-16(13-5-6-14(16)8-7-13)15(18)11-1-2-12(15)4-3-11/h1-4,11-14,17-18H,5-10H2. The number of hydrogen-bond acceptors (Lipinski definition) is 3. The van der Waals surface area contributed by atoms with Crippen molar-refractivity contribution < 1.29 is 14.9 Å². The summed E-state index contributed by atoms with van der Waals surface area (Å²) in [5.41, 5.74) is -1.23. The second-order valence-electron chi connectivity index (χ2n) is 6.56. The van der Waals surface area contributed by atoms with Gasteiger partial charge < -0.3 is 14.9 Å². The monoisotopic (exact) mass is 262 g/mol. The second kappa shape index (κ2) is 3.94. The van der Waals surface area contributed by atoms with Crippen LogP contribution in [0.4, 0.5) is 0 Å². The van der Waals surface area contributed by atoms with Gasteiger partial charge in [-0.15, -0.1) is 0 Å². The average Bonchev–Trinajstić information content (AvgIpc) is 3.16. The molecule has 0 heterocycles. The van der Waals surface area contributed by atoms with Gasteiger partial charge in [-0.2, -0.15) is 0 Å². The van der Waals surface area contributed by atoms with E-state index in [4.69, 9.17) is 4.74 Å². The van der Waals surface area contributed by atoms with Crippen LogP contribution in [0, 0.1) is 23.7 Å². The first kappa shape index (κ1) is 12.1. The lowest BCUT2D eigenvalue weighted by Gasteiger charge is -2.49. The molecule has 2 saturated carbocycles. The molecule has 0 atom stereocenters. The quantitative estimate of drug-likeness (QED) is 0.758. The van der Waals surface area contributed by atoms with Crippen LogP contribution in [0.2, 0.25) is 0 Å². The van der Waals surface area contributed by atoms with Crippen LogP contribution in [-0.2, 0) is 4.74 Å². The predicted octanol–water partition coefficient (Wildman–Crippen LogP) is 1.66. The van der Waals surface area contributed by atoms with Crippen LogP contribution in [0.5, 0.6) is 0 Å².